The molecule has 0 atom stereocenters. The zero-order chi connectivity index (χ0) is 14.4. The number of rotatable bonds is 6. The summed E-state index contributed by atoms with van der Waals surface area (Å²) in [5.74, 6) is 0.273. The standard InChI is InChI=1S/C15H17NO4/c1-18-15(19-2)13-14(12(17)8-9-16-13)20-10-11-6-4-3-5-7-11/h3-9,15H,10H2,1-2H3,(H,16,17). The Bertz CT molecular complexity index is 541. The van der Waals surface area contributed by atoms with Crippen molar-refractivity contribution >= 4 is 0 Å². The Labute approximate surface area is 117 Å². The monoisotopic (exact) mass is 275 g/mol. The van der Waals surface area contributed by atoms with Crippen molar-refractivity contribution in [3.05, 3.63) is 53.9 Å². The molecule has 0 amide bonds. The lowest BCUT2D eigenvalue weighted by atomic mass is 10.2. The number of aromatic hydroxyl groups is 1. The van der Waals surface area contributed by atoms with Crippen molar-refractivity contribution in [3.8, 4) is 11.5 Å². The number of hydrogen-bond donors (Lipinski definition) is 1. The summed E-state index contributed by atoms with van der Waals surface area (Å²) in [6, 6.07) is 11.1. The highest BCUT2D eigenvalue weighted by atomic mass is 16.7. The van der Waals surface area contributed by atoms with E-state index in [2.05, 4.69) is 4.98 Å². The fourth-order valence-corrected chi connectivity index (χ4v) is 1.82. The lowest BCUT2D eigenvalue weighted by Gasteiger charge is -2.17. The minimum atomic E-state index is -0.687. The number of aromatic nitrogens is 1. The van der Waals surface area contributed by atoms with Crippen molar-refractivity contribution in [2.45, 2.75) is 12.9 Å². The van der Waals surface area contributed by atoms with E-state index in [9.17, 15) is 5.11 Å². The van der Waals surface area contributed by atoms with E-state index in [0.717, 1.165) is 5.56 Å². The van der Waals surface area contributed by atoms with Crippen molar-refractivity contribution in [2.75, 3.05) is 14.2 Å². The maximum absolute atomic E-state index is 9.93. The SMILES string of the molecule is COC(OC)c1nccc(O)c1OCc1ccccc1. The molecule has 0 bridgehead atoms. The second kappa shape index (κ2) is 6.88. The predicted octanol–water partition coefficient (Wildman–Crippen LogP) is 2.66. The van der Waals surface area contributed by atoms with Crippen LogP contribution in [0.5, 0.6) is 11.5 Å². The second-order valence-electron chi connectivity index (χ2n) is 4.12. The number of nitrogens with zero attached hydrogens (tertiary/aromatic N) is 1. The van der Waals surface area contributed by atoms with Crippen molar-refractivity contribution < 1.29 is 19.3 Å². The van der Waals surface area contributed by atoms with Gasteiger partial charge >= 0.3 is 0 Å². The number of ether oxygens (including phenoxy) is 3. The molecular formula is C15H17NO4. The maximum Gasteiger partial charge on any atom is 0.204 e. The van der Waals surface area contributed by atoms with Gasteiger partial charge in [0, 0.05) is 26.5 Å². The molecule has 2 rings (SSSR count). The van der Waals surface area contributed by atoms with Crippen molar-refractivity contribution in [1.29, 1.82) is 0 Å². The molecule has 20 heavy (non-hydrogen) atoms. The summed E-state index contributed by atoms with van der Waals surface area (Å²) in [5.41, 5.74) is 1.40. The van der Waals surface area contributed by atoms with Gasteiger partial charge in [-0.1, -0.05) is 30.3 Å². The van der Waals surface area contributed by atoms with Crippen LogP contribution in [-0.2, 0) is 16.1 Å². The molecule has 1 aromatic heterocycles. The summed E-state index contributed by atoms with van der Waals surface area (Å²) in [6.07, 6.45) is 0.790. The minimum Gasteiger partial charge on any atom is -0.504 e. The fourth-order valence-electron chi connectivity index (χ4n) is 1.82. The van der Waals surface area contributed by atoms with Gasteiger partial charge in [0.05, 0.1) is 0 Å². The van der Waals surface area contributed by atoms with Crippen LogP contribution >= 0.6 is 0 Å². The van der Waals surface area contributed by atoms with Gasteiger partial charge in [-0.15, -0.1) is 0 Å². The number of pyridine rings is 1. The van der Waals surface area contributed by atoms with E-state index in [4.69, 9.17) is 14.2 Å². The molecule has 0 saturated heterocycles. The number of hydrogen-bond acceptors (Lipinski definition) is 5. The molecule has 0 aliphatic carbocycles. The van der Waals surface area contributed by atoms with E-state index in [1.807, 2.05) is 30.3 Å². The van der Waals surface area contributed by atoms with E-state index in [-0.39, 0.29) is 11.5 Å². The normalized spacial score (nSPS) is 10.8. The van der Waals surface area contributed by atoms with Crippen LogP contribution < -0.4 is 4.74 Å². The minimum absolute atomic E-state index is 0.00466. The van der Waals surface area contributed by atoms with Crippen LogP contribution in [0, 0.1) is 0 Å². The Kier molecular flexibility index (Phi) is 4.92. The zero-order valence-corrected chi connectivity index (χ0v) is 11.4. The van der Waals surface area contributed by atoms with Gasteiger partial charge in [0.1, 0.15) is 12.3 Å². The van der Waals surface area contributed by atoms with Crippen molar-refractivity contribution in [2.24, 2.45) is 0 Å². The Morgan fingerprint density at radius 1 is 1.10 bits per heavy atom. The summed E-state index contributed by atoms with van der Waals surface area (Å²) < 4.78 is 16.0. The van der Waals surface area contributed by atoms with Crippen molar-refractivity contribution in [3.63, 3.8) is 0 Å². The third-order valence-electron chi connectivity index (χ3n) is 2.79. The molecule has 0 unspecified atom stereocenters. The summed E-state index contributed by atoms with van der Waals surface area (Å²) in [6.45, 7) is 0.327. The van der Waals surface area contributed by atoms with Crippen LogP contribution in [0.2, 0.25) is 0 Å². The Morgan fingerprint density at radius 2 is 1.80 bits per heavy atom. The summed E-state index contributed by atoms with van der Waals surface area (Å²) in [5, 5.41) is 9.93. The fraction of sp³-hybridized carbons (Fsp3) is 0.267. The molecule has 5 nitrogen and oxygen atoms in total. The van der Waals surface area contributed by atoms with Gasteiger partial charge in [0.2, 0.25) is 6.29 Å². The van der Waals surface area contributed by atoms with Gasteiger partial charge in [-0.25, -0.2) is 0 Å². The first kappa shape index (κ1) is 14.3. The largest absolute Gasteiger partial charge is 0.504 e. The molecule has 0 aliphatic rings. The smallest absolute Gasteiger partial charge is 0.204 e. The second-order valence-corrected chi connectivity index (χ2v) is 4.12. The molecule has 5 heteroatoms. The Balaban J connectivity index is 2.22. The molecule has 1 aromatic carbocycles. The van der Waals surface area contributed by atoms with Gasteiger partial charge < -0.3 is 19.3 Å². The van der Waals surface area contributed by atoms with Crippen LogP contribution in [0.15, 0.2) is 42.6 Å². The lowest BCUT2D eigenvalue weighted by Crippen LogP contribution is -2.09. The van der Waals surface area contributed by atoms with Gasteiger partial charge in [-0.05, 0) is 5.56 Å². The highest BCUT2D eigenvalue weighted by Crippen LogP contribution is 2.34. The summed E-state index contributed by atoms with van der Waals surface area (Å²) in [7, 11) is 3.00. The Hall–Kier alpha value is -2.11. The number of benzene rings is 1. The molecular weight excluding hydrogens is 258 g/mol. The first-order valence-electron chi connectivity index (χ1n) is 6.16. The molecule has 0 radical (unpaired) electrons. The van der Waals surface area contributed by atoms with E-state index in [1.54, 1.807) is 0 Å². The molecule has 0 fully saturated rings. The molecule has 1 heterocycles. The summed E-state index contributed by atoms with van der Waals surface area (Å²) >= 11 is 0. The van der Waals surface area contributed by atoms with Crippen LogP contribution in [-0.4, -0.2) is 24.3 Å². The molecule has 0 spiro atoms. The molecule has 2 aromatic rings. The van der Waals surface area contributed by atoms with Crippen LogP contribution in [0.25, 0.3) is 0 Å². The molecule has 0 saturated carbocycles. The van der Waals surface area contributed by atoms with Gasteiger partial charge in [0.15, 0.2) is 11.5 Å². The van der Waals surface area contributed by atoms with E-state index in [1.165, 1.54) is 26.5 Å². The Morgan fingerprint density at radius 3 is 2.45 bits per heavy atom. The predicted molar refractivity (Wildman–Crippen MR) is 73.4 cm³/mol. The quantitative estimate of drug-likeness (QED) is 0.821. The third kappa shape index (κ3) is 3.26. The third-order valence-corrected chi connectivity index (χ3v) is 2.79. The maximum atomic E-state index is 9.93. The average molecular weight is 275 g/mol. The van der Waals surface area contributed by atoms with E-state index in [0.29, 0.717) is 12.3 Å². The molecule has 1 N–H and O–H groups in total. The van der Waals surface area contributed by atoms with Crippen LogP contribution in [0.1, 0.15) is 17.5 Å². The summed E-state index contributed by atoms with van der Waals surface area (Å²) in [4.78, 5) is 4.16. The van der Waals surface area contributed by atoms with Crippen LogP contribution in [0.4, 0.5) is 0 Å². The van der Waals surface area contributed by atoms with Crippen molar-refractivity contribution in [1.82, 2.24) is 4.98 Å². The first-order valence-corrected chi connectivity index (χ1v) is 6.16. The van der Waals surface area contributed by atoms with Crippen LogP contribution in [0.3, 0.4) is 0 Å². The number of methoxy groups -OCH3 is 2. The average Bonchev–Trinajstić information content (AvgIpc) is 2.49. The molecule has 0 aliphatic heterocycles. The first-order chi connectivity index (χ1) is 9.76. The zero-order valence-electron chi connectivity index (χ0n) is 11.4. The highest BCUT2D eigenvalue weighted by Gasteiger charge is 2.20. The van der Waals surface area contributed by atoms with Gasteiger partial charge in [-0.2, -0.15) is 0 Å². The van der Waals surface area contributed by atoms with E-state index < -0.39 is 6.29 Å². The lowest BCUT2D eigenvalue weighted by molar-refractivity contribution is -0.110. The van der Waals surface area contributed by atoms with Gasteiger partial charge in [0.25, 0.3) is 0 Å². The van der Waals surface area contributed by atoms with E-state index >= 15 is 0 Å². The molecule has 106 valence electrons. The highest BCUT2D eigenvalue weighted by molar-refractivity contribution is 5.42. The topological polar surface area (TPSA) is 60.8 Å². The van der Waals surface area contributed by atoms with Gasteiger partial charge in [-0.3, -0.25) is 4.98 Å².